The standard InChI is InChI=1S/C31H37N7S/c1-22-10-13-27-28(8-6-9-29(27)33-22)31(34-32-3)37(5)39-19-7-16-38-17-14-24-11-12-26(21-25(24)15-18-38)30-20-23(2)35-36(30)4/h6,8-13,20-21H,3,7,14-19H2,1-2,4-5H3/b34-31-. The second-order valence-electron chi connectivity index (χ2n) is 10.2. The van der Waals surface area contributed by atoms with Crippen molar-refractivity contribution in [2.45, 2.75) is 33.1 Å². The van der Waals surface area contributed by atoms with E-state index in [0.29, 0.717) is 0 Å². The van der Waals surface area contributed by atoms with E-state index in [1.807, 2.05) is 43.8 Å². The summed E-state index contributed by atoms with van der Waals surface area (Å²) in [6, 6.07) is 19.4. The number of nitrogens with zero attached hydrogens (tertiary/aromatic N) is 7. The third-order valence-electron chi connectivity index (χ3n) is 7.38. The fourth-order valence-electron chi connectivity index (χ4n) is 5.39. The number of hydrogen-bond acceptors (Lipinski definition) is 6. The molecule has 8 heteroatoms. The highest BCUT2D eigenvalue weighted by atomic mass is 32.2. The summed E-state index contributed by atoms with van der Waals surface area (Å²) in [5.74, 6) is 1.80. The van der Waals surface area contributed by atoms with Gasteiger partial charge in [0.05, 0.1) is 16.9 Å². The largest absolute Gasteiger partial charge is 0.303 e. The van der Waals surface area contributed by atoms with Crippen molar-refractivity contribution >= 4 is 35.4 Å². The van der Waals surface area contributed by atoms with Crippen LogP contribution in [0.5, 0.6) is 0 Å². The van der Waals surface area contributed by atoms with Crippen molar-refractivity contribution < 1.29 is 0 Å². The third kappa shape index (κ3) is 6.23. The molecule has 0 radical (unpaired) electrons. The summed E-state index contributed by atoms with van der Waals surface area (Å²) < 4.78 is 4.09. The Morgan fingerprint density at radius 2 is 1.85 bits per heavy atom. The molecule has 4 aromatic rings. The van der Waals surface area contributed by atoms with Gasteiger partial charge in [0.15, 0.2) is 5.84 Å². The van der Waals surface area contributed by atoms with Gasteiger partial charge in [0.25, 0.3) is 0 Å². The number of fused-ring (bicyclic) bond motifs is 2. The highest BCUT2D eigenvalue weighted by Gasteiger charge is 2.17. The van der Waals surface area contributed by atoms with E-state index < -0.39 is 0 Å². The summed E-state index contributed by atoms with van der Waals surface area (Å²) in [7, 11) is 4.08. The Morgan fingerprint density at radius 1 is 1.03 bits per heavy atom. The normalized spacial score (nSPS) is 14.3. The van der Waals surface area contributed by atoms with Gasteiger partial charge in [0, 0.05) is 61.9 Å². The minimum absolute atomic E-state index is 0.802. The summed E-state index contributed by atoms with van der Waals surface area (Å²) in [6.07, 6.45) is 3.29. The van der Waals surface area contributed by atoms with Gasteiger partial charge in [-0.2, -0.15) is 10.2 Å². The second kappa shape index (κ2) is 12.1. The minimum Gasteiger partial charge on any atom is -0.303 e. The molecule has 0 saturated heterocycles. The van der Waals surface area contributed by atoms with Crippen molar-refractivity contribution in [3.8, 4) is 11.3 Å². The molecule has 3 heterocycles. The zero-order chi connectivity index (χ0) is 27.4. The maximum absolute atomic E-state index is 4.68. The highest BCUT2D eigenvalue weighted by Crippen LogP contribution is 2.26. The van der Waals surface area contributed by atoms with Gasteiger partial charge in [-0.05, 0) is 87.0 Å². The van der Waals surface area contributed by atoms with Crippen LogP contribution in [0.15, 0.2) is 64.8 Å². The Kier molecular flexibility index (Phi) is 8.43. The average Bonchev–Trinajstić information content (AvgIpc) is 3.14. The Morgan fingerprint density at radius 3 is 2.62 bits per heavy atom. The first-order chi connectivity index (χ1) is 18.9. The van der Waals surface area contributed by atoms with Crippen molar-refractivity contribution in [3.05, 3.63) is 82.7 Å². The summed E-state index contributed by atoms with van der Waals surface area (Å²) in [5.41, 5.74) is 9.44. The first-order valence-electron chi connectivity index (χ1n) is 13.5. The molecule has 2 aromatic carbocycles. The van der Waals surface area contributed by atoms with Crippen LogP contribution in [0.25, 0.3) is 22.2 Å². The maximum atomic E-state index is 4.68. The number of benzene rings is 2. The first kappa shape index (κ1) is 27.1. The van der Waals surface area contributed by atoms with Crippen LogP contribution in [0.1, 0.15) is 34.5 Å². The van der Waals surface area contributed by atoms with E-state index in [1.165, 1.54) is 22.4 Å². The third-order valence-corrected chi connectivity index (χ3v) is 8.41. The molecular formula is C31H37N7S. The molecule has 0 atom stereocenters. The van der Waals surface area contributed by atoms with Gasteiger partial charge < -0.3 is 9.21 Å². The molecule has 7 nitrogen and oxygen atoms in total. The van der Waals surface area contributed by atoms with Crippen molar-refractivity contribution in [2.24, 2.45) is 17.3 Å². The lowest BCUT2D eigenvalue weighted by molar-refractivity contribution is 0.289. The topological polar surface area (TPSA) is 61.9 Å². The highest BCUT2D eigenvalue weighted by molar-refractivity contribution is 7.97. The molecule has 0 fully saturated rings. The van der Waals surface area contributed by atoms with Crippen molar-refractivity contribution in [2.75, 3.05) is 32.4 Å². The van der Waals surface area contributed by atoms with Gasteiger partial charge >= 0.3 is 0 Å². The lowest BCUT2D eigenvalue weighted by Gasteiger charge is -2.22. The van der Waals surface area contributed by atoms with Crippen LogP contribution < -0.4 is 0 Å². The molecule has 39 heavy (non-hydrogen) atoms. The SMILES string of the molecule is C=N/N=C(/c1cccc2nc(C)ccc12)N(C)SCCCN1CCc2ccc(-c3cc(C)nn3C)cc2CC1. The molecule has 202 valence electrons. The van der Waals surface area contributed by atoms with Crippen LogP contribution in [-0.2, 0) is 19.9 Å². The number of hydrogen-bond donors (Lipinski definition) is 0. The number of rotatable bonds is 8. The fraction of sp³-hybridized carbons (Fsp3) is 0.355. The van der Waals surface area contributed by atoms with E-state index in [0.717, 1.165) is 78.3 Å². The Bertz CT molecular complexity index is 1510. The first-order valence-corrected chi connectivity index (χ1v) is 14.5. The van der Waals surface area contributed by atoms with E-state index in [9.17, 15) is 0 Å². The number of amidine groups is 1. The maximum Gasteiger partial charge on any atom is 0.168 e. The Hall–Kier alpha value is -3.49. The lowest BCUT2D eigenvalue weighted by Crippen LogP contribution is -2.28. The quantitative estimate of drug-likeness (QED) is 0.0947. The molecule has 0 spiro atoms. The molecule has 0 amide bonds. The van der Waals surface area contributed by atoms with E-state index >= 15 is 0 Å². The molecule has 0 saturated carbocycles. The molecule has 0 aliphatic carbocycles. The van der Waals surface area contributed by atoms with Gasteiger partial charge in [-0.15, -0.1) is 5.10 Å². The predicted octanol–water partition coefficient (Wildman–Crippen LogP) is 5.69. The summed E-state index contributed by atoms with van der Waals surface area (Å²) in [4.78, 5) is 7.28. The van der Waals surface area contributed by atoms with Gasteiger partial charge in [0.1, 0.15) is 0 Å². The molecule has 1 aliphatic heterocycles. The van der Waals surface area contributed by atoms with Crippen LogP contribution in [0.4, 0.5) is 0 Å². The Labute approximate surface area is 235 Å². The van der Waals surface area contributed by atoms with Gasteiger partial charge in [-0.1, -0.05) is 30.3 Å². The van der Waals surface area contributed by atoms with Gasteiger partial charge in [-0.25, -0.2) is 0 Å². The molecule has 0 N–H and O–H groups in total. The van der Waals surface area contributed by atoms with Gasteiger partial charge in [-0.3, -0.25) is 9.67 Å². The van der Waals surface area contributed by atoms with E-state index in [4.69, 9.17) is 0 Å². The molecule has 1 aliphatic rings. The zero-order valence-corrected chi connectivity index (χ0v) is 24.2. The summed E-state index contributed by atoms with van der Waals surface area (Å²) in [5, 5.41) is 13.9. The fourth-order valence-corrected chi connectivity index (χ4v) is 6.18. The molecule has 2 aromatic heterocycles. The minimum atomic E-state index is 0.802. The molecule has 0 bridgehead atoms. The zero-order valence-electron chi connectivity index (χ0n) is 23.4. The summed E-state index contributed by atoms with van der Waals surface area (Å²) >= 11 is 1.77. The van der Waals surface area contributed by atoms with Crippen molar-refractivity contribution in [1.82, 2.24) is 24.0 Å². The Balaban J connectivity index is 1.16. The monoisotopic (exact) mass is 539 g/mol. The number of aryl methyl sites for hydroxylation is 3. The molecule has 0 unspecified atom stereocenters. The van der Waals surface area contributed by atoms with E-state index in [-0.39, 0.29) is 0 Å². The molecular weight excluding hydrogens is 502 g/mol. The predicted molar refractivity (Wildman–Crippen MR) is 165 cm³/mol. The van der Waals surface area contributed by atoms with Crippen LogP contribution in [0, 0.1) is 13.8 Å². The smallest absolute Gasteiger partial charge is 0.168 e. The van der Waals surface area contributed by atoms with Crippen LogP contribution in [0.3, 0.4) is 0 Å². The lowest BCUT2D eigenvalue weighted by atomic mass is 9.99. The second-order valence-corrected chi connectivity index (χ2v) is 11.4. The van der Waals surface area contributed by atoms with E-state index in [1.54, 1.807) is 11.9 Å². The van der Waals surface area contributed by atoms with Crippen molar-refractivity contribution in [1.29, 1.82) is 0 Å². The van der Waals surface area contributed by atoms with Crippen molar-refractivity contribution in [3.63, 3.8) is 0 Å². The van der Waals surface area contributed by atoms with Crippen LogP contribution in [-0.4, -0.2) is 69.0 Å². The summed E-state index contributed by atoms with van der Waals surface area (Å²) in [6.45, 7) is 11.0. The molecule has 5 rings (SSSR count). The average molecular weight is 540 g/mol. The van der Waals surface area contributed by atoms with Crippen LogP contribution >= 0.6 is 11.9 Å². The number of aromatic nitrogens is 3. The van der Waals surface area contributed by atoms with Gasteiger partial charge in [0.2, 0.25) is 0 Å². The number of pyridine rings is 1. The van der Waals surface area contributed by atoms with Crippen LogP contribution in [0.2, 0.25) is 0 Å². The van der Waals surface area contributed by atoms with E-state index in [2.05, 4.69) is 79.7 Å².